The number of hydrogen-bond donors (Lipinski definition) is 1. The molecule has 0 aliphatic carbocycles. The lowest BCUT2D eigenvalue weighted by atomic mass is 10.3. The first-order valence-electron chi connectivity index (χ1n) is 6.34. The highest BCUT2D eigenvalue weighted by molar-refractivity contribution is 7.99. The van der Waals surface area contributed by atoms with Crippen LogP contribution in [0, 0.1) is 6.92 Å². The van der Waals surface area contributed by atoms with E-state index in [9.17, 15) is 0 Å². The molecule has 4 heteroatoms. The fraction of sp³-hybridized carbons (Fsp3) is 0.692. The first kappa shape index (κ1) is 14.3. The third-order valence-corrected chi connectivity index (χ3v) is 4.10. The zero-order valence-electron chi connectivity index (χ0n) is 11.5. The molecule has 0 saturated heterocycles. The van der Waals surface area contributed by atoms with Crippen LogP contribution >= 0.6 is 11.8 Å². The molecule has 0 fully saturated rings. The number of anilines is 1. The summed E-state index contributed by atoms with van der Waals surface area (Å²) in [7, 11) is 1.92. The fourth-order valence-corrected chi connectivity index (χ4v) is 2.49. The van der Waals surface area contributed by atoms with Gasteiger partial charge in [-0.05, 0) is 19.8 Å². The molecule has 0 aromatic carbocycles. The number of thioether (sulfide) groups is 1. The Kier molecular flexibility index (Phi) is 5.75. The largest absolute Gasteiger partial charge is 0.373 e. The maximum Gasteiger partial charge on any atom is 0.133 e. The zero-order chi connectivity index (χ0) is 12.8. The van der Waals surface area contributed by atoms with Gasteiger partial charge in [-0.25, -0.2) is 9.97 Å². The second-order valence-corrected chi connectivity index (χ2v) is 5.68. The van der Waals surface area contributed by atoms with Gasteiger partial charge in [0.25, 0.3) is 0 Å². The lowest BCUT2D eigenvalue weighted by molar-refractivity contribution is 0.800. The van der Waals surface area contributed by atoms with Gasteiger partial charge in [0, 0.05) is 24.3 Å². The Morgan fingerprint density at radius 1 is 1.29 bits per heavy atom. The van der Waals surface area contributed by atoms with Crippen LogP contribution in [0.2, 0.25) is 0 Å². The van der Waals surface area contributed by atoms with Crippen molar-refractivity contribution in [1.29, 1.82) is 0 Å². The van der Waals surface area contributed by atoms with Gasteiger partial charge in [0.2, 0.25) is 0 Å². The Labute approximate surface area is 109 Å². The minimum absolute atomic E-state index is 0.600. The molecule has 0 bridgehead atoms. The molecule has 1 N–H and O–H groups in total. The summed E-state index contributed by atoms with van der Waals surface area (Å²) in [6, 6.07) is 0. The summed E-state index contributed by atoms with van der Waals surface area (Å²) >= 11 is 1.85. The van der Waals surface area contributed by atoms with Crippen LogP contribution in [0.5, 0.6) is 0 Å². The molecule has 0 amide bonds. The average molecular weight is 253 g/mol. The standard InChI is InChI=1S/C13H23N3S/c1-6-8-11-15-12(14-5)10(4)13(16-11)17-9(3)7-2/h9H,6-8H2,1-5H3,(H,14,15,16). The van der Waals surface area contributed by atoms with Crippen LogP contribution in [0.1, 0.15) is 45.0 Å². The SMILES string of the molecule is CCCc1nc(NC)c(C)c(SC(C)CC)n1. The Balaban J connectivity index is 3.04. The van der Waals surface area contributed by atoms with Gasteiger partial charge >= 0.3 is 0 Å². The molecular formula is C13H23N3S. The van der Waals surface area contributed by atoms with Crippen molar-refractivity contribution >= 4 is 17.6 Å². The Bertz CT molecular complexity index is 366. The van der Waals surface area contributed by atoms with E-state index in [1.54, 1.807) is 0 Å². The van der Waals surface area contributed by atoms with Gasteiger partial charge in [-0.15, -0.1) is 11.8 Å². The van der Waals surface area contributed by atoms with Crippen molar-refractivity contribution in [2.24, 2.45) is 0 Å². The van der Waals surface area contributed by atoms with Gasteiger partial charge in [0.15, 0.2) is 0 Å². The van der Waals surface area contributed by atoms with E-state index >= 15 is 0 Å². The normalized spacial score (nSPS) is 12.5. The van der Waals surface area contributed by atoms with Crippen molar-refractivity contribution < 1.29 is 0 Å². The highest BCUT2D eigenvalue weighted by Crippen LogP contribution is 2.29. The molecule has 1 rings (SSSR count). The summed E-state index contributed by atoms with van der Waals surface area (Å²) in [4.78, 5) is 9.21. The summed E-state index contributed by atoms with van der Waals surface area (Å²) in [5.41, 5.74) is 1.16. The van der Waals surface area contributed by atoms with E-state index in [4.69, 9.17) is 0 Å². The molecule has 3 nitrogen and oxygen atoms in total. The molecule has 1 aromatic rings. The van der Waals surface area contributed by atoms with E-state index in [-0.39, 0.29) is 0 Å². The lowest BCUT2D eigenvalue weighted by Crippen LogP contribution is -2.06. The summed E-state index contributed by atoms with van der Waals surface area (Å²) in [6.45, 7) is 8.70. The van der Waals surface area contributed by atoms with Crippen LogP contribution in [-0.4, -0.2) is 22.3 Å². The molecule has 1 heterocycles. The Morgan fingerprint density at radius 2 is 2.00 bits per heavy atom. The molecule has 17 heavy (non-hydrogen) atoms. The minimum Gasteiger partial charge on any atom is -0.373 e. The van der Waals surface area contributed by atoms with Gasteiger partial charge < -0.3 is 5.32 Å². The maximum absolute atomic E-state index is 4.67. The number of nitrogens with zero attached hydrogens (tertiary/aromatic N) is 2. The van der Waals surface area contributed by atoms with Crippen LogP contribution in [0.3, 0.4) is 0 Å². The monoisotopic (exact) mass is 253 g/mol. The van der Waals surface area contributed by atoms with Crippen molar-refractivity contribution in [2.75, 3.05) is 12.4 Å². The van der Waals surface area contributed by atoms with Gasteiger partial charge in [0.05, 0.1) is 0 Å². The number of aromatic nitrogens is 2. The van der Waals surface area contributed by atoms with E-state index in [0.29, 0.717) is 5.25 Å². The molecular weight excluding hydrogens is 230 g/mol. The summed E-state index contributed by atoms with van der Waals surface area (Å²) < 4.78 is 0. The van der Waals surface area contributed by atoms with Gasteiger partial charge in [-0.1, -0.05) is 20.8 Å². The number of hydrogen-bond acceptors (Lipinski definition) is 4. The van der Waals surface area contributed by atoms with Crippen LogP contribution in [0.4, 0.5) is 5.82 Å². The highest BCUT2D eigenvalue weighted by atomic mass is 32.2. The smallest absolute Gasteiger partial charge is 0.133 e. The first-order valence-corrected chi connectivity index (χ1v) is 7.22. The van der Waals surface area contributed by atoms with E-state index < -0.39 is 0 Å². The van der Waals surface area contributed by atoms with Crippen LogP contribution in [-0.2, 0) is 6.42 Å². The van der Waals surface area contributed by atoms with E-state index in [1.165, 1.54) is 0 Å². The Morgan fingerprint density at radius 3 is 2.53 bits per heavy atom. The van der Waals surface area contributed by atoms with Crippen molar-refractivity contribution in [3.63, 3.8) is 0 Å². The van der Waals surface area contributed by atoms with Crippen LogP contribution in [0.15, 0.2) is 5.03 Å². The molecule has 1 aromatic heterocycles. The predicted octanol–water partition coefficient (Wildman–Crippen LogP) is 3.67. The molecule has 0 saturated carbocycles. The number of rotatable bonds is 6. The summed E-state index contributed by atoms with van der Waals surface area (Å²) in [6.07, 6.45) is 3.19. The summed E-state index contributed by atoms with van der Waals surface area (Å²) in [5, 5.41) is 4.89. The van der Waals surface area contributed by atoms with Crippen molar-refractivity contribution in [2.45, 2.75) is 57.2 Å². The van der Waals surface area contributed by atoms with Crippen molar-refractivity contribution in [3.05, 3.63) is 11.4 Å². The Hall–Kier alpha value is -0.770. The quantitative estimate of drug-likeness (QED) is 0.620. The van der Waals surface area contributed by atoms with Crippen LogP contribution < -0.4 is 5.32 Å². The maximum atomic E-state index is 4.67. The van der Waals surface area contributed by atoms with Gasteiger partial charge in [-0.3, -0.25) is 0 Å². The molecule has 96 valence electrons. The second kappa shape index (κ2) is 6.84. The molecule has 1 atom stereocenters. The number of aryl methyl sites for hydroxylation is 1. The van der Waals surface area contributed by atoms with Crippen molar-refractivity contribution in [3.8, 4) is 0 Å². The summed E-state index contributed by atoms with van der Waals surface area (Å²) in [5.74, 6) is 1.92. The van der Waals surface area contributed by atoms with E-state index in [1.807, 2.05) is 18.8 Å². The second-order valence-electron chi connectivity index (χ2n) is 4.26. The third kappa shape index (κ3) is 3.87. The van der Waals surface area contributed by atoms with E-state index in [2.05, 4.69) is 43.0 Å². The van der Waals surface area contributed by atoms with E-state index in [0.717, 1.165) is 41.5 Å². The van der Waals surface area contributed by atoms with Crippen molar-refractivity contribution in [1.82, 2.24) is 9.97 Å². The van der Waals surface area contributed by atoms with Crippen LogP contribution in [0.25, 0.3) is 0 Å². The molecule has 0 aliphatic rings. The molecule has 0 aliphatic heterocycles. The molecule has 1 unspecified atom stereocenters. The minimum atomic E-state index is 0.600. The van der Waals surface area contributed by atoms with Gasteiger partial charge in [-0.2, -0.15) is 0 Å². The molecule has 0 radical (unpaired) electrons. The highest BCUT2D eigenvalue weighted by Gasteiger charge is 2.12. The lowest BCUT2D eigenvalue weighted by Gasteiger charge is -2.14. The molecule has 0 spiro atoms. The fourth-order valence-electron chi connectivity index (χ4n) is 1.51. The average Bonchev–Trinajstić information content (AvgIpc) is 2.33. The third-order valence-electron chi connectivity index (χ3n) is 2.75. The first-order chi connectivity index (χ1) is 8.12. The zero-order valence-corrected chi connectivity index (χ0v) is 12.3. The predicted molar refractivity (Wildman–Crippen MR) is 75.9 cm³/mol. The topological polar surface area (TPSA) is 37.8 Å². The van der Waals surface area contributed by atoms with Gasteiger partial charge in [0.1, 0.15) is 16.7 Å². The number of nitrogens with one attached hydrogen (secondary N) is 1.